The third-order valence-electron chi connectivity index (χ3n) is 4.45. The van der Waals surface area contributed by atoms with Gasteiger partial charge in [0, 0.05) is 11.0 Å². The number of nitrogens with zero attached hydrogens (tertiary/aromatic N) is 1. The van der Waals surface area contributed by atoms with Crippen LogP contribution in [0.2, 0.25) is 0 Å². The van der Waals surface area contributed by atoms with Crippen molar-refractivity contribution >= 4 is 15.9 Å². The highest BCUT2D eigenvalue weighted by atomic mass is 79.9. The Bertz CT molecular complexity index is 413. The zero-order valence-corrected chi connectivity index (χ0v) is 14.4. The molecule has 112 valence electrons. The summed E-state index contributed by atoms with van der Waals surface area (Å²) in [5.74, 6) is 0.936. The molecule has 1 saturated heterocycles. The van der Waals surface area contributed by atoms with Crippen molar-refractivity contribution in [3.63, 3.8) is 0 Å². The first-order valence-electron chi connectivity index (χ1n) is 7.79. The van der Waals surface area contributed by atoms with Gasteiger partial charge in [0.15, 0.2) is 0 Å². The quantitative estimate of drug-likeness (QED) is 0.852. The van der Waals surface area contributed by atoms with E-state index in [-0.39, 0.29) is 0 Å². The molecule has 1 aliphatic heterocycles. The first kappa shape index (κ1) is 16.0. The third-order valence-corrected chi connectivity index (χ3v) is 4.95. The van der Waals surface area contributed by atoms with Crippen molar-refractivity contribution in [2.24, 2.45) is 5.92 Å². The molecule has 3 heteroatoms. The number of benzene rings is 1. The molecule has 0 aromatic heterocycles. The number of hydrogen-bond donors (Lipinski definition) is 1. The van der Waals surface area contributed by atoms with Gasteiger partial charge >= 0.3 is 0 Å². The van der Waals surface area contributed by atoms with Gasteiger partial charge in [0.2, 0.25) is 0 Å². The maximum absolute atomic E-state index is 3.57. The van der Waals surface area contributed by atoms with Crippen LogP contribution in [0.3, 0.4) is 0 Å². The lowest BCUT2D eigenvalue weighted by atomic mass is 9.94. The topological polar surface area (TPSA) is 15.3 Å². The zero-order valence-electron chi connectivity index (χ0n) is 12.8. The first-order chi connectivity index (χ1) is 9.65. The summed E-state index contributed by atoms with van der Waals surface area (Å²) in [5, 5.41) is 3.44. The number of rotatable bonds is 6. The summed E-state index contributed by atoms with van der Waals surface area (Å²) in [6.45, 7) is 7.02. The van der Waals surface area contributed by atoms with Crippen LogP contribution in [0.25, 0.3) is 0 Å². The normalized spacial score (nSPS) is 16.8. The van der Waals surface area contributed by atoms with Crippen LogP contribution in [0, 0.1) is 12.8 Å². The summed E-state index contributed by atoms with van der Waals surface area (Å²) in [6, 6.07) is 6.59. The Morgan fingerprint density at radius 1 is 1.25 bits per heavy atom. The lowest BCUT2D eigenvalue weighted by Crippen LogP contribution is -2.30. The molecular weight excluding hydrogens is 312 g/mol. The van der Waals surface area contributed by atoms with E-state index in [2.05, 4.69) is 58.3 Å². The zero-order chi connectivity index (χ0) is 14.4. The summed E-state index contributed by atoms with van der Waals surface area (Å²) in [5.41, 5.74) is 2.87. The highest BCUT2D eigenvalue weighted by Crippen LogP contribution is 2.18. The molecule has 1 aromatic rings. The molecule has 0 amide bonds. The lowest BCUT2D eigenvalue weighted by Gasteiger charge is -2.25. The van der Waals surface area contributed by atoms with Crippen molar-refractivity contribution in [2.45, 2.75) is 32.6 Å². The maximum Gasteiger partial charge on any atom is 0.0178 e. The Labute approximate surface area is 132 Å². The number of likely N-dealkylation sites (N-methyl/N-ethyl adjacent to an activating group) is 1. The fourth-order valence-electron chi connectivity index (χ4n) is 2.91. The van der Waals surface area contributed by atoms with Gasteiger partial charge in [-0.1, -0.05) is 22.0 Å². The van der Waals surface area contributed by atoms with Gasteiger partial charge in [-0.3, -0.25) is 0 Å². The molecule has 0 saturated carbocycles. The Hall–Kier alpha value is -0.380. The SMILES string of the molecule is Cc1ccc(Br)cc1CCN(C)CCC1CCNCC1. The van der Waals surface area contributed by atoms with E-state index in [4.69, 9.17) is 0 Å². The standard InChI is InChI=1S/C17H27BrN2/c1-14-3-4-17(18)13-16(14)8-12-20(2)11-7-15-5-9-19-10-6-15/h3-4,13,15,19H,5-12H2,1-2H3. The Morgan fingerprint density at radius 2 is 2.00 bits per heavy atom. The van der Waals surface area contributed by atoms with Crippen LogP contribution >= 0.6 is 15.9 Å². The molecule has 0 atom stereocenters. The van der Waals surface area contributed by atoms with Gasteiger partial charge in [0.05, 0.1) is 0 Å². The molecule has 1 N–H and O–H groups in total. The smallest absolute Gasteiger partial charge is 0.0178 e. The van der Waals surface area contributed by atoms with Gasteiger partial charge in [-0.25, -0.2) is 0 Å². The Morgan fingerprint density at radius 3 is 2.75 bits per heavy atom. The Kier molecular flexibility index (Phi) is 6.53. The van der Waals surface area contributed by atoms with Crippen molar-refractivity contribution in [1.29, 1.82) is 0 Å². The van der Waals surface area contributed by atoms with E-state index in [9.17, 15) is 0 Å². The van der Waals surface area contributed by atoms with Gasteiger partial charge in [0.1, 0.15) is 0 Å². The molecule has 0 aliphatic carbocycles. The van der Waals surface area contributed by atoms with Crippen LogP contribution < -0.4 is 5.32 Å². The second kappa shape index (κ2) is 8.16. The van der Waals surface area contributed by atoms with Crippen molar-refractivity contribution in [3.05, 3.63) is 33.8 Å². The fourth-order valence-corrected chi connectivity index (χ4v) is 3.31. The van der Waals surface area contributed by atoms with E-state index in [0.29, 0.717) is 0 Å². The number of aryl methyl sites for hydroxylation is 1. The van der Waals surface area contributed by atoms with Crippen LogP contribution in [-0.4, -0.2) is 38.1 Å². The predicted octanol–water partition coefficient (Wildman–Crippen LogP) is 3.62. The number of piperidine rings is 1. The largest absolute Gasteiger partial charge is 0.317 e. The van der Waals surface area contributed by atoms with Gasteiger partial charge < -0.3 is 10.2 Å². The monoisotopic (exact) mass is 338 g/mol. The molecule has 0 bridgehead atoms. The predicted molar refractivity (Wildman–Crippen MR) is 90.3 cm³/mol. The summed E-state index contributed by atoms with van der Waals surface area (Å²) >= 11 is 3.57. The maximum atomic E-state index is 3.57. The van der Waals surface area contributed by atoms with Gasteiger partial charge in [-0.2, -0.15) is 0 Å². The summed E-state index contributed by atoms with van der Waals surface area (Å²) in [7, 11) is 2.26. The Balaban J connectivity index is 1.71. The van der Waals surface area contributed by atoms with Crippen molar-refractivity contribution in [3.8, 4) is 0 Å². The van der Waals surface area contributed by atoms with E-state index < -0.39 is 0 Å². The minimum Gasteiger partial charge on any atom is -0.317 e. The van der Waals surface area contributed by atoms with Crippen LogP contribution in [0.15, 0.2) is 22.7 Å². The number of hydrogen-bond acceptors (Lipinski definition) is 2. The highest BCUT2D eigenvalue weighted by Gasteiger charge is 2.13. The van der Waals surface area contributed by atoms with Gasteiger partial charge in [-0.05, 0) is 88.5 Å². The summed E-state index contributed by atoms with van der Waals surface area (Å²) < 4.78 is 1.19. The number of nitrogens with one attached hydrogen (secondary N) is 1. The average Bonchev–Trinajstić information content (AvgIpc) is 2.47. The molecule has 0 spiro atoms. The van der Waals surface area contributed by atoms with Crippen LogP contribution in [0.1, 0.15) is 30.4 Å². The fraction of sp³-hybridized carbons (Fsp3) is 0.647. The molecule has 0 radical (unpaired) electrons. The average molecular weight is 339 g/mol. The highest BCUT2D eigenvalue weighted by molar-refractivity contribution is 9.10. The van der Waals surface area contributed by atoms with Crippen LogP contribution in [-0.2, 0) is 6.42 Å². The molecule has 2 rings (SSSR count). The second-order valence-corrected chi connectivity index (χ2v) is 7.02. The van der Waals surface area contributed by atoms with Gasteiger partial charge in [0.25, 0.3) is 0 Å². The van der Waals surface area contributed by atoms with E-state index in [1.807, 2.05) is 0 Å². The van der Waals surface area contributed by atoms with E-state index in [0.717, 1.165) is 18.9 Å². The summed E-state index contributed by atoms with van der Waals surface area (Å²) in [6.07, 6.45) is 5.22. The minimum atomic E-state index is 0.936. The van der Waals surface area contributed by atoms with E-state index in [1.165, 1.54) is 54.5 Å². The van der Waals surface area contributed by atoms with E-state index in [1.54, 1.807) is 0 Å². The van der Waals surface area contributed by atoms with Crippen LogP contribution in [0.5, 0.6) is 0 Å². The minimum absolute atomic E-state index is 0.936. The molecule has 1 heterocycles. The molecule has 1 aliphatic rings. The van der Waals surface area contributed by atoms with Crippen LogP contribution in [0.4, 0.5) is 0 Å². The first-order valence-corrected chi connectivity index (χ1v) is 8.59. The molecule has 1 fully saturated rings. The third kappa shape index (κ3) is 5.19. The molecule has 2 nitrogen and oxygen atoms in total. The molecule has 20 heavy (non-hydrogen) atoms. The number of halogens is 1. The molecule has 1 aromatic carbocycles. The van der Waals surface area contributed by atoms with Crippen molar-refractivity contribution in [2.75, 3.05) is 33.2 Å². The molecule has 0 unspecified atom stereocenters. The molecular formula is C17H27BrN2. The lowest BCUT2D eigenvalue weighted by molar-refractivity contribution is 0.273. The summed E-state index contributed by atoms with van der Waals surface area (Å²) in [4.78, 5) is 2.49. The van der Waals surface area contributed by atoms with Gasteiger partial charge in [-0.15, -0.1) is 0 Å². The van der Waals surface area contributed by atoms with E-state index >= 15 is 0 Å². The second-order valence-electron chi connectivity index (χ2n) is 6.11. The van der Waals surface area contributed by atoms with Crippen molar-refractivity contribution in [1.82, 2.24) is 10.2 Å². The van der Waals surface area contributed by atoms with Crippen molar-refractivity contribution < 1.29 is 0 Å².